The lowest BCUT2D eigenvalue weighted by Crippen LogP contribution is -2.54. The Bertz CT molecular complexity index is 1210. The number of aliphatic hydroxyl groups excluding tert-OH is 3. The number of aliphatic hydroxyl groups is 3. The first-order valence-electron chi connectivity index (χ1n) is 14.2. The zero-order valence-electron chi connectivity index (χ0n) is 24.9. The fraction of sp³-hybridized carbons (Fsp3) is 0.621. The highest BCUT2D eigenvalue weighted by Crippen LogP contribution is 2.30. The first kappa shape index (κ1) is 36.2. The molecule has 0 saturated carbocycles. The summed E-state index contributed by atoms with van der Waals surface area (Å²) in [6.45, 7) is 8.15. The fourth-order valence-corrected chi connectivity index (χ4v) is 4.66. The first-order chi connectivity index (χ1) is 20.1. The van der Waals surface area contributed by atoms with Crippen molar-refractivity contribution in [3.05, 3.63) is 35.7 Å². The second-order valence-electron chi connectivity index (χ2n) is 11.4. The SMILES string of the molecule is C=CS(=O)(=O)CCCCCCC(=O)NCCC(=O)Nc1cc(COC(=O)C(C)(C)C)ccc1O[C@@H]1OC[C@@H](O)[C@H](O)[C@H]1O. The largest absolute Gasteiger partial charge is 0.460 e. The highest BCUT2D eigenvalue weighted by Gasteiger charge is 2.39. The maximum atomic E-state index is 12.7. The van der Waals surface area contributed by atoms with Gasteiger partial charge in [-0.05, 0) is 51.3 Å². The molecule has 1 heterocycles. The van der Waals surface area contributed by atoms with Crippen molar-refractivity contribution in [2.24, 2.45) is 5.41 Å². The van der Waals surface area contributed by atoms with Gasteiger partial charge in [0.2, 0.25) is 18.1 Å². The molecule has 0 aliphatic carbocycles. The number of rotatable bonds is 16. The number of esters is 1. The Kier molecular flexibility index (Phi) is 14.1. The predicted octanol–water partition coefficient (Wildman–Crippen LogP) is 1.55. The molecule has 0 bridgehead atoms. The number of benzene rings is 1. The lowest BCUT2D eigenvalue weighted by Gasteiger charge is -2.35. The van der Waals surface area contributed by atoms with Crippen molar-refractivity contribution in [1.29, 1.82) is 0 Å². The molecule has 5 N–H and O–H groups in total. The number of amides is 2. The van der Waals surface area contributed by atoms with Gasteiger partial charge in [0, 0.05) is 24.8 Å². The molecule has 0 radical (unpaired) electrons. The normalized spacial score (nSPS) is 20.6. The lowest BCUT2D eigenvalue weighted by molar-refractivity contribution is -0.241. The average molecular weight is 629 g/mol. The van der Waals surface area contributed by atoms with Crippen molar-refractivity contribution < 1.29 is 52.3 Å². The molecule has 0 spiro atoms. The van der Waals surface area contributed by atoms with Gasteiger partial charge >= 0.3 is 5.97 Å². The standard InChI is InChI=1S/C29H44N2O11S/c1-5-43(38,39)15-9-7-6-8-10-23(33)30-14-13-24(34)31-20-16-19(17-41-28(37)29(2,3)4)11-12-22(20)42-27-26(36)25(35)21(32)18-40-27/h5,11-12,16,21,25-27,32,35-36H,1,6-10,13-15,17-18H2,2-4H3,(H,30,33)(H,31,34)/t21-,25+,26-,27+/m1/s1. The zero-order chi connectivity index (χ0) is 32.2. The molecule has 1 aliphatic rings. The van der Waals surface area contributed by atoms with Crippen LogP contribution in [-0.4, -0.2) is 85.0 Å². The summed E-state index contributed by atoms with van der Waals surface area (Å²) in [5, 5.41) is 36.2. The van der Waals surface area contributed by atoms with Crippen LogP contribution in [0.15, 0.2) is 30.2 Å². The van der Waals surface area contributed by atoms with Gasteiger partial charge in [-0.2, -0.15) is 0 Å². The molecule has 43 heavy (non-hydrogen) atoms. The van der Waals surface area contributed by atoms with Gasteiger partial charge < -0.3 is 40.2 Å². The van der Waals surface area contributed by atoms with E-state index in [1.54, 1.807) is 26.8 Å². The first-order valence-corrected chi connectivity index (χ1v) is 15.9. The molecule has 13 nitrogen and oxygen atoms in total. The summed E-state index contributed by atoms with van der Waals surface area (Å²) in [5.41, 5.74) is 0.00522. The Balaban J connectivity index is 1.93. The van der Waals surface area contributed by atoms with E-state index in [0.717, 1.165) is 5.41 Å². The highest BCUT2D eigenvalue weighted by atomic mass is 32.2. The van der Waals surface area contributed by atoms with Crippen LogP contribution in [-0.2, 0) is 40.3 Å². The van der Waals surface area contributed by atoms with Gasteiger partial charge in [0.15, 0.2) is 9.84 Å². The zero-order valence-corrected chi connectivity index (χ0v) is 25.7. The Hall–Kier alpha value is -3.04. The van der Waals surface area contributed by atoms with Gasteiger partial charge in [0.1, 0.15) is 30.7 Å². The maximum absolute atomic E-state index is 12.7. The van der Waals surface area contributed by atoms with E-state index < -0.39 is 51.7 Å². The molecule has 1 fully saturated rings. The van der Waals surface area contributed by atoms with Crippen LogP contribution in [0.3, 0.4) is 0 Å². The molecule has 1 aromatic carbocycles. The maximum Gasteiger partial charge on any atom is 0.311 e. The molecule has 0 aromatic heterocycles. The predicted molar refractivity (Wildman–Crippen MR) is 157 cm³/mol. The van der Waals surface area contributed by atoms with E-state index in [2.05, 4.69) is 17.2 Å². The second-order valence-corrected chi connectivity index (χ2v) is 13.4. The molecular formula is C29H44N2O11S. The number of ether oxygens (including phenoxy) is 3. The molecular weight excluding hydrogens is 584 g/mol. The van der Waals surface area contributed by atoms with Crippen molar-refractivity contribution in [3.63, 3.8) is 0 Å². The topological polar surface area (TPSA) is 198 Å². The van der Waals surface area contributed by atoms with E-state index in [1.807, 2.05) is 0 Å². The van der Waals surface area contributed by atoms with Crippen LogP contribution in [0.5, 0.6) is 5.75 Å². The van der Waals surface area contributed by atoms with E-state index >= 15 is 0 Å². The molecule has 0 unspecified atom stereocenters. The third-order valence-electron chi connectivity index (χ3n) is 6.51. The Morgan fingerprint density at radius 3 is 2.42 bits per heavy atom. The minimum absolute atomic E-state index is 0.0366. The van der Waals surface area contributed by atoms with Crippen LogP contribution in [0.1, 0.15) is 64.9 Å². The minimum Gasteiger partial charge on any atom is -0.460 e. The van der Waals surface area contributed by atoms with Crippen molar-refractivity contribution in [2.75, 3.05) is 24.2 Å². The van der Waals surface area contributed by atoms with Gasteiger partial charge in [-0.25, -0.2) is 8.42 Å². The Labute approximate surface area is 252 Å². The number of hydrogen-bond acceptors (Lipinski definition) is 11. The van der Waals surface area contributed by atoms with E-state index in [0.29, 0.717) is 31.2 Å². The van der Waals surface area contributed by atoms with Crippen molar-refractivity contribution in [1.82, 2.24) is 5.32 Å². The summed E-state index contributed by atoms with van der Waals surface area (Å²) in [6, 6.07) is 4.61. The minimum atomic E-state index is -3.21. The number of sulfone groups is 1. The number of hydrogen-bond donors (Lipinski definition) is 5. The van der Waals surface area contributed by atoms with Gasteiger partial charge in [-0.1, -0.05) is 25.5 Å². The summed E-state index contributed by atoms with van der Waals surface area (Å²) in [7, 11) is -3.21. The molecule has 2 amide bonds. The number of nitrogens with one attached hydrogen (secondary N) is 2. The molecule has 1 aromatic rings. The van der Waals surface area contributed by atoms with Crippen LogP contribution in [0.25, 0.3) is 0 Å². The number of unbranched alkanes of at least 4 members (excludes halogenated alkanes) is 3. The van der Waals surface area contributed by atoms with Crippen LogP contribution >= 0.6 is 0 Å². The van der Waals surface area contributed by atoms with Crippen molar-refractivity contribution >= 4 is 33.3 Å². The lowest BCUT2D eigenvalue weighted by atomic mass is 9.97. The molecule has 14 heteroatoms. The van der Waals surface area contributed by atoms with Crippen LogP contribution in [0.2, 0.25) is 0 Å². The smallest absolute Gasteiger partial charge is 0.311 e. The highest BCUT2D eigenvalue weighted by molar-refractivity contribution is 7.94. The van der Waals surface area contributed by atoms with Gasteiger partial charge in [0.05, 0.1) is 23.5 Å². The average Bonchev–Trinajstić information content (AvgIpc) is 2.94. The monoisotopic (exact) mass is 628 g/mol. The summed E-state index contributed by atoms with van der Waals surface area (Å²) in [5.74, 6) is -0.979. The van der Waals surface area contributed by atoms with Crippen LogP contribution < -0.4 is 15.4 Å². The van der Waals surface area contributed by atoms with Crippen molar-refractivity contribution in [3.8, 4) is 5.75 Å². The van der Waals surface area contributed by atoms with Gasteiger partial charge in [-0.3, -0.25) is 14.4 Å². The third kappa shape index (κ3) is 12.6. The number of carbonyl (C=O) groups excluding carboxylic acids is 3. The van der Waals surface area contributed by atoms with E-state index in [4.69, 9.17) is 14.2 Å². The van der Waals surface area contributed by atoms with Gasteiger partial charge in [0.25, 0.3) is 0 Å². The molecule has 242 valence electrons. The van der Waals surface area contributed by atoms with E-state index in [1.165, 1.54) is 12.1 Å². The van der Waals surface area contributed by atoms with Gasteiger partial charge in [-0.15, -0.1) is 0 Å². The molecule has 1 saturated heterocycles. The van der Waals surface area contributed by atoms with Crippen molar-refractivity contribution in [2.45, 2.75) is 90.5 Å². The number of anilines is 1. The third-order valence-corrected chi connectivity index (χ3v) is 7.87. The summed E-state index contributed by atoms with van der Waals surface area (Å²) >= 11 is 0. The Morgan fingerprint density at radius 1 is 1.05 bits per heavy atom. The summed E-state index contributed by atoms with van der Waals surface area (Å²) in [4.78, 5) is 37.1. The summed E-state index contributed by atoms with van der Waals surface area (Å²) < 4.78 is 39.2. The fourth-order valence-electron chi connectivity index (χ4n) is 3.88. The Morgan fingerprint density at radius 2 is 1.74 bits per heavy atom. The summed E-state index contributed by atoms with van der Waals surface area (Å²) in [6.07, 6.45) is -3.05. The van der Waals surface area contributed by atoms with E-state index in [9.17, 15) is 38.1 Å². The second kappa shape index (κ2) is 16.7. The molecule has 4 atom stereocenters. The van der Waals surface area contributed by atoms with E-state index in [-0.39, 0.29) is 55.7 Å². The van der Waals surface area contributed by atoms with Crippen LogP contribution in [0, 0.1) is 5.41 Å². The number of carbonyl (C=O) groups is 3. The molecule has 2 rings (SSSR count). The van der Waals surface area contributed by atoms with Crippen LogP contribution in [0.4, 0.5) is 5.69 Å². The quantitative estimate of drug-likeness (QED) is 0.131. The molecule has 1 aliphatic heterocycles.